The van der Waals surface area contributed by atoms with E-state index in [9.17, 15) is 4.79 Å². The number of thioether (sulfide) groups is 1. The molecule has 0 spiro atoms. The lowest BCUT2D eigenvalue weighted by Crippen LogP contribution is -2.44. The van der Waals surface area contributed by atoms with Crippen molar-refractivity contribution in [3.8, 4) is 5.75 Å². The molecule has 0 fully saturated rings. The van der Waals surface area contributed by atoms with Gasteiger partial charge in [-0.25, -0.2) is 4.68 Å². The maximum Gasteiger partial charge on any atom is 0.236 e. The van der Waals surface area contributed by atoms with E-state index in [1.807, 2.05) is 73.1 Å². The van der Waals surface area contributed by atoms with Crippen molar-refractivity contribution in [3.63, 3.8) is 0 Å². The largest absolute Gasteiger partial charge is 0.494 e. The molecule has 0 radical (unpaired) electrons. The highest BCUT2D eigenvalue weighted by Crippen LogP contribution is 2.37. The van der Waals surface area contributed by atoms with Crippen LogP contribution < -0.4 is 15.5 Å². The Kier molecular flexibility index (Phi) is 5.71. The summed E-state index contributed by atoms with van der Waals surface area (Å²) >= 11 is 1.42. The van der Waals surface area contributed by atoms with Crippen molar-refractivity contribution in [2.75, 3.05) is 12.0 Å². The average Bonchev–Trinajstić information content (AvgIpc) is 3.12. The van der Waals surface area contributed by atoms with Crippen LogP contribution in [0.2, 0.25) is 0 Å². The Morgan fingerprint density at radius 1 is 1.17 bits per heavy atom. The molecular weight excluding hydrogens is 386 g/mol. The summed E-state index contributed by atoms with van der Waals surface area (Å²) in [7, 11) is 0. The third kappa shape index (κ3) is 4.22. The first-order valence-electron chi connectivity index (χ1n) is 9.55. The number of hydrogen-bond donors (Lipinski definition) is 2. The molecule has 29 heavy (non-hydrogen) atoms. The number of amides is 1. The van der Waals surface area contributed by atoms with Crippen LogP contribution >= 0.6 is 11.8 Å². The highest BCUT2D eigenvalue weighted by molar-refractivity contribution is 8.00. The Balaban J connectivity index is 1.57. The van der Waals surface area contributed by atoms with Gasteiger partial charge in [0.05, 0.1) is 12.6 Å². The molecule has 2 N–H and O–H groups in total. The van der Waals surface area contributed by atoms with Crippen molar-refractivity contribution in [1.82, 2.24) is 20.2 Å². The highest BCUT2D eigenvalue weighted by atomic mass is 32.2. The molecule has 1 aliphatic rings. The normalized spacial score (nSPS) is 17.9. The summed E-state index contributed by atoms with van der Waals surface area (Å²) in [5.74, 6) is 1.52. The van der Waals surface area contributed by atoms with Crippen molar-refractivity contribution >= 4 is 17.7 Å². The van der Waals surface area contributed by atoms with E-state index in [4.69, 9.17) is 4.74 Å². The number of nitrogens with one attached hydrogen (secondary N) is 2. The molecule has 0 bridgehead atoms. The lowest BCUT2D eigenvalue weighted by atomic mass is 10.0. The minimum absolute atomic E-state index is 0.0443. The number of benzene rings is 2. The second kappa shape index (κ2) is 8.57. The Hall–Kier alpha value is -3.00. The van der Waals surface area contributed by atoms with E-state index in [-0.39, 0.29) is 17.2 Å². The summed E-state index contributed by atoms with van der Waals surface area (Å²) in [6.45, 7) is 4.94. The number of fused-ring (bicyclic) bond motifs is 1. The second-order valence-electron chi connectivity index (χ2n) is 6.72. The zero-order valence-electron chi connectivity index (χ0n) is 16.3. The molecule has 0 aliphatic carbocycles. The maximum atomic E-state index is 13.1. The molecule has 2 aromatic carbocycles. The fraction of sp³-hybridized carbons (Fsp3) is 0.286. The quantitative estimate of drug-likeness (QED) is 0.651. The molecule has 7 nitrogen and oxygen atoms in total. The highest BCUT2D eigenvalue weighted by Gasteiger charge is 2.37. The van der Waals surface area contributed by atoms with Crippen LogP contribution in [0.15, 0.2) is 59.8 Å². The summed E-state index contributed by atoms with van der Waals surface area (Å²) < 4.78 is 7.38. The molecule has 1 amide bonds. The third-order valence-corrected chi connectivity index (χ3v) is 5.93. The van der Waals surface area contributed by atoms with E-state index in [0.717, 1.165) is 22.7 Å². The van der Waals surface area contributed by atoms with Gasteiger partial charge in [0.15, 0.2) is 0 Å². The lowest BCUT2D eigenvalue weighted by Gasteiger charge is -2.32. The van der Waals surface area contributed by atoms with Gasteiger partial charge in [0.25, 0.3) is 0 Å². The van der Waals surface area contributed by atoms with Gasteiger partial charge < -0.3 is 15.5 Å². The number of ether oxygens (including phenoxy) is 1. The smallest absolute Gasteiger partial charge is 0.236 e. The van der Waals surface area contributed by atoms with E-state index in [1.165, 1.54) is 11.8 Å². The fourth-order valence-electron chi connectivity index (χ4n) is 3.23. The number of carbonyl (C=O) groups is 1. The molecule has 1 aromatic heterocycles. The summed E-state index contributed by atoms with van der Waals surface area (Å²) in [6.07, 6.45) is 0. The van der Waals surface area contributed by atoms with Crippen LogP contribution in [0.25, 0.3) is 0 Å². The molecule has 1 aliphatic heterocycles. The first kappa shape index (κ1) is 19.3. The zero-order valence-corrected chi connectivity index (χ0v) is 17.1. The molecule has 2 atom stereocenters. The van der Waals surface area contributed by atoms with Crippen molar-refractivity contribution in [1.29, 1.82) is 0 Å². The summed E-state index contributed by atoms with van der Waals surface area (Å²) in [6, 6.07) is 17.5. The molecule has 8 heteroatoms. The molecule has 0 unspecified atom stereocenters. The zero-order chi connectivity index (χ0) is 20.2. The van der Waals surface area contributed by atoms with Crippen LogP contribution in [0, 0.1) is 6.92 Å². The van der Waals surface area contributed by atoms with E-state index < -0.39 is 0 Å². The van der Waals surface area contributed by atoms with Gasteiger partial charge in [-0.2, -0.15) is 0 Å². The van der Waals surface area contributed by atoms with Gasteiger partial charge in [-0.3, -0.25) is 4.79 Å². The van der Waals surface area contributed by atoms with E-state index >= 15 is 0 Å². The summed E-state index contributed by atoms with van der Waals surface area (Å²) in [5.41, 5.74) is 5.47. The second-order valence-corrected chi connectivity index (χ2v) is 7.82. The summed E-state index contributed by atoms with van der Waals surface area (Å²) in [5, 5.41) is 11.7. The van der Waals surface area contributed by atoms with Gasteiger partial charge in [0.1, 0.15) is 16.8 Å². The number of aryl methyl sites for hydroxylation is 1. The minimum atomic E-state index is -0.382. The van der Waals surface area contributed by atoms with Crippen molar-refractivity contribution in [3.05, 3.63) is 71.5 Å². The monoisotopic (exact) mass is 409 g/mol. The van der Waals surface area contributed by atoms with Crippen LogP contribution in [0.3, 0.4) is 0 Å². The maximum absolute atomic E-state index is 13.1. The topological polar surface area (TPSA) is 81.1 Å². The van der Waals surface area contributed by atoms with Crippen molar-refractivity contribution in [2.24, 2.45) is 0 Å². The first-order chi connectivity index (χ1) is 14.2. The first-order valence-corrected chi connectivity index (χ1v) is 10.4. The van der Waals surface area contributed by atoms with Crippen LogP contribution in [0.5, 0.6) is 5.75 Å². The molecule has 0 saturated heterocycles. The lowest BCUT2D eigenvalue weighted by molar-refractivity contribution is -0.121. The third-order valence-electron chi connectivity index (χ3n) is 4.72. The predicted molar refractivity (Wildman–Crippen MR) is 112 cm³/mol. The Morgan fingerprint density at radius 3 is 2.66 bits per heavy atom. The predicted octanol–water partition coefficient (Wildman–Crippen LogP) is 3.06. The molecule has 3 aromatic rings. The molecular formula is C21H23N5O2S. The van der Waals surface area contributed by atoms with Crippen LogP contribution in [0.1, 0.15) is 29.9 Å². The Labute approximate surface area is 173 Å². The van der Waals surface area contributed by atoms with E-state index in [1.54, 1.807) is 0 Å². The molecule has 4 rings (SSSR count). The van der Waals surface area contributed by atoms with Gasteiger partial charge in [-0.15, -0.1) is 10.2 Å². The Bertz CT molecular complexity index is 974. The number of nitrogens with zero attached hydrogens (tertiary/aromatic N) is 3. The summed E-state index contributed by atoms with van der Waals surface area (Å²) in [4.78, 5) is 13.1. The van der Waals surface area contributed by atoms with Crippen molar-refractivity contribution < 1.29 is 9.53 Å². The van der Waals surface area contributed by atoms with Crippen molar-refractivity contribution in [2.45, 2.75) is 36.8 Å². The Morgan fingerprint density at radius 2 is 1.93 bits per heavy atom. The molecule has 0 saturated carbocycles. The fourth-order valence-corrected chi connectivity index (χ4v) is 4.38. The number of hydrogen-bond acceptors (Lipinski definition) is 6. The minimum Gasteiger partial charge on any atom is -0.494 e. The van der Waals surface area contributed by atoms with Crippen LogP contribution in [0.4, 0.5) is 0 Å². The SMILES string of the molecule is CCOc1ccc([C@H]2Nn3c(C)nnc3S[C@H]2C(=O)NCc2ccccc2)cc1. The van der Waals surface area contributed by atoms with Gasteiger partial charge in [0, 0.05) is 6.54 Å². The standard InChI is InChI=1S/C21H23N5O2S/c1-3-28-17-11-9-16(10-12-17)18-19(29-21-24-23-14(2)26(21)25-18)20(27)22-13-15-7-5-4-6-8-15/h4-12,18-19,25H,3,13H2,1-2H3,(H,22,27)/t18-,19-/m1/s1. The molecule has 150 valence electrons. The number of carbonyl (C=O) groups excluding carboxylic acids is 1. The molecule has 2 heterocycles. The number of rotatable bonds is 6. The average molecular weight is 410 g/mol. The van der Waals surface area contributed by atoms with Gasteiger partial charge in [0.2, 0.25) is 11.1 Å². The van der Waals surface area contributed by atoms with E-state index in [2.05, 4.69) is 20.9 Å². The van der Waals surface area contributed by atoms with Crippen LogP contribution in [-0.2, 0) is 11.3 Å². The van der Waals surface area contributed by atoms with Gasteiger partial charge >= 0.3 is 0 Å². The van der Waals surface area contributed by atoms with Gasteiger partial charge in [-0.05, 0) is 37.1 Å². The number of aromatic nitrogens is 3. The van der Waals surface area contributed by atoms with Gasteiger partial charge in [-0.1, -0.05) is 54.2 Å². The van der Waals surface area contributed by atoms with E-state index in [0.29, 0.717) is 18.3 Å². The van der Waals surface area contributed by atoms with Crippen LogP contribution in [-0.4, -0.2) is 32.6 Å².